The van der Waals surface area contributed by atoms with Crippen LogP contribution in [0.4, 0.5) is 0 Å². The normalized spacial score (nSPS) is 15.2. The van der Waals surface area contributed by atoms with E-state index < -0.39 is 9.84 Å². The van der Waals surface area contributed by atoms with Crippen molar-refractivity contribution in [1.82, 2.24) is 5.32 Å². The summed E-state index contributed by atoms with van der Waals surface area (Å²) in [7, 11) is -3.45. The van der Waals surface area contributed by atoms with Crippen LogP contribution in [-0.4, -0.2) is 26.1 Å². The van der Waals surface area contributed by atoms with Gasteiger partial charge in [-0.05, 0) is 36.1 Å². The van der Waals surface area contributed by atoms with Gasteiger partial charge >= 0.3 is 0 Å². The molecule has 3 rings (SSSR count). The highest BCUT2D eigenvalue weighted by Gasteiger charge is 2.20. The first-order valence-corrected chi connectivity index (χ1v) is 10.4. The van der Waals surface area contributed by atoms with E-state index in [-0.39, 0.29) is 29.0 Å². The Balaban J connectivity index is 1.60. The highest BCUT2D eigenvalue weighted by molar-refractivity contribution is 7.91. The molecule has 2 aromatic carbocycles. The number of carbonyl (C=O) groups excluding carboxylic acids is 1. The van der Waals surface area contributed by atoms with Crippen LogP contribution >= 0.6 is 0 Å². The fraction of sp³-hybridized carbons (Fsp3) is 0.350. The summed E-state index contributed by atoms with van der Waals surface area (Å²) in [4.78, 5) is 12.2. The van der Waals surface area contributed by atoms with Crippen molar-refractivity contribution in [2.24, 2.45) is 0 Å². The summed E-state index contributed by atoms with van der Waals surface area (Å²) < 4.78 is 24.9. The first-order chi connectivity index (χ1) is 12.0. The lowest BCUT2D eigenvalue weighted by molar-refractivity contribution is -0.121. The molecule has 2 aromatic rings. The molecule has 5 heteroatoms. The molecule has 0 bridgehead atoms. The van der Waals surface area contributed by atoms with Crippen molar-refractivity contribution >= 4 is 15.7 Å². The highest BCUT2D eigenvalue weighted by Crippen LogP contribution is 2.22. The van der Waals surface area contributed by atoms with Crippen molar-refractivity contribution in [2.75, 3.05) is 5.75 Å². The molecule has 4 nitrogen and oxygen atoms in total. The quantitative estimate of drug-likeness (QED) is 0.859. The Kier molecular flexibility index (Phi) is 5.53. The summed E-state index contributed by atoms with van der Waals surface area (Å²) in [6.45, 7) is 0. The predicted octanol–water partition coefficient (Wildman–Crippen LogP) is 3.58. The number of benzene rings is 2. The number of hydrogen-bond donors (Lipinski definition) is 1. The molecule has 0 radical (unpaired) electrons. The maximum Gasteiger partial charge on any atom is 0.221 e. The van der Waals surface area contributed by atoms with Crippen molar-refractivity contribution in [1.29, 1.82) is 0 Å². The van der Waals surface area contributed by atoms with Gasteiger partial charge in [-0.1, -0.05) is 55.3 Å². The zero-order valence-electron chi connectivity index (χ0n) is 14.1. The van der Waals surface area contributed by atoms with Crippen molar-refractivity contribution in [3.8, 4) is 11.1 Å². The van der Waals surface area contributed by atoms with E-state index in [1.54, 1.807) is 24.3 Å². The second kappa shape index (κ2) is 7.83. The average molecular weight is 357 g/mol. The minimum atomic E-state index is -3.45. The molecule has 0 spiro atoms. The van der Waals surface area contributed by atoms with Crippen LogP contribution in [0.1, 0.15) is 32.1 Å². The molecule has 0 atom stereocenters. The fourth-order valence-corrected chi connectivity index (χ4v) is 4.44. The van der Waals surface area contributed by atoms with Crippen LogP contribution < -0.4 is 5.32 Å². The maximum atomic E-state index is 12.4. The van der Waals surface area contributed by atoms with Gasteiger partial charge in [0.1, 0.15) is 0 Å². The van der Waals surface area contributed by atoms with Crippen LogP contribution in [0.25, 0.3) is 11.1 Å². The van der Waals surface area contributed by atoms with Gasteiger partial charge in [-0.25, -0.2) is 8.42 Å². The largest absolute Gasteiger partial charge is 0.353 e. The van der Waals surface area contributed by atoms with Gasteiger partial charge < -0.3 is 5.32 Å². The van der Waals surface area contributed by atoms with Crippen LogP contribution in [0, 0.1) is 0 Å². The molecule has 1 saturated carbocycles. The summed E-state index contributed by atoms with van der Waals surface area (Å²) in [6, 6.07) is 16.9. The van der Waals surface area contributed by atoms with E-state index in [4.69, 9.17) is 0 Å². The van der Waals surface area contributed by atoms with Gasteiger partial charge in [0.2, 0.25) is 5.91 Å². The summed E-state index contributed by atoms with van der Waals surface area (Å²) in [5.41, 5.74) is 2.01. The van der Waals surface area contributed by atoms with Gasteiger partial charge in [-0.15, -0.1) is 0 Å². The third kappa shape index (κ3) is 4.69. The summed E-state index contributed by atoms with van der Waals surface area (Å²) >= 11 is 0. The Morgan fingerprint density at radius 3 is 2.16 bits per heavy atom. The number of rotatable bonds is 6. The van der Waals surface area contributed by atoms with E-state index in [0.717, 1.165) is 36.8 Å². The Labute approximate surface area is 149 Å². The molecule has 0 unspecified atom stereocenters. The number of carbonyl (C=O) groups is 1. The molecule has 1 fully saturated rings. The summed E-state index contributed by atoms with van der Waals surface area (Å²) in [6.07, 6.45) is 4.28. The predicted molar refractivity (Wildman–Crippen MR) is 98.9 cm³/mol. The van der Waals surface area contributed by atoms with Crippen LogP contribution in [0.5, 0.6) is 0 Å². The number of hydrogen-bond acceptors (Lipinski definition) is 3. The van der Waals surface area contributed by atoms with Crippen LogP contribution in [0.3, 0.4) is 0 Å². The zero-order valence-corrected chi connectivity index (χ0v) is 15.0. The lowest BCUT2D eigenvalue weighted by Gasteiger charge is -2.12. The lowest BCUT2D eigenvalue weighted by atomic mass is 10.1. The maximum absolute atomic E-state index is 12.4. The van der Waals surface area contributed by atoms with E-state index in [0.29, 0.717) is 0 Å². The second-order valence-electron chi connectivity index (χ2n) is 6.51. The second-order valence-corrected chi connectivity index (χ2v) is 8.62. The van der Waals surface area contributed by atoms with Gasteiger partial charge in [-0.3, -0.25) is 4.79 Å². The minimum Gasteiger partial charge on any atom is -0.353 e. The van der Waals surface area contributed by atoms with Crippen LogP contribution in [0.15, 0.2) is 59.5 Å². The highest BCUT2D eigenvalue weighted by atomic mass is 32.2. The molecule has 1 N–H and O–H groups in total. The van der Waals surface area contributed by atoms with E-state index in [9.17, 15) is 13.2 Å². The summed E-state index contributed by atoms with van der Waals surface area (Å²) in [5.74, 6) is -0.327. The molecule has 1 amide bonds. The van der Waals surface area contributed by atoms with E-state index in [2.05, 4.69) is 5.32 Å². The van der Waals surface area contributed by atoms with Crippen molar-refractivity contribution in [2.45, 2.75) is 43.0 Å². The van der Waals surface area contributed by atoms with Gasteiger partial charge in [0.25, 0.3) is 0 Å². The molecule has 0 heterocycles. The molecular weight excluding hydrogens is 334 g/mol. The SMILES string of the molecule is O=C(CCS(=O)(=O)c1ccc(-c2ccccc2)cc1)NC1CCCC1. The molecule has 1 aliphatic rings. The summed E-state index contributed by atoms with van der Waals surface area (Å²) in [5, 5.41) is 2.93. The van der Waals surface area contributed by atoms with Crippen molar-refractivity contribution < 1.29 is 13.2 Å². The third-order valence-electron chi connectivity index (χ3n) is 4.64. The number of nitrogens with one attached hydrogen (secondary N) is 1. The average Bonchev–Trinajstić information content (AvgIpc) is 3.14. The Bertz CT molecular complexity index is 808. The molecular formula is C20H23NO3S. The molecule has 0 aromatic heterocycles. The fourth-order valence-electron chi connectivity index (χ4n) is 3.20. The van der Waals surface area contributed by atoms with Gasteiger partial charge in [-0.2, -0.15) is 0 Å². The van der Waals surface area contributed by atoms with Crippen LogP contribution in [-0.2, 0) is 14.6 Å². The topological polar surface area (TPSA) is 63.2 Å². The van der Waals surface area contributed by atoms with Crippen molar-refractivity contribution in [3.63, 3.8) is 0 Å². The minimum absolute atomic E-state index is 0.0132. The molecule has 0 saturated heterocycles. The molecule has 1 aliphatic carbocycles. The molecule has 25 heavy (non-hydrogen) atoms. The third-order valence-corrected chi connectivity index (χ3v) is 6.37. The van der Waals surface area contributed by atoms with Gasteiger partial charge in [0.05, 0.1) is 10.6 Å². The Hall–Kier alpha value is -2.14. The van der Waals surface area contributed by atoms with E-state index in [1.807, 2.05) is 30.3 Å². The van der Waals surface area contributed by atoms with Crippen LogP contribution in [0.2, 0.25) is 0 Å². The zero-order chi connectivity index (χ0) is 17.7. The number of sulfone groups is 1. The van der Waals surface area contributed by atoms with Gasteiger partial charge in [0, 0.05) is 12.5 Å². The smallest absolute Gasteiger partial charge is 0.221 e. The van der Waals surface area contributed by atoms with E-state index >= 15 is 0 Å². The Morgan fingerprint density at radius 2 is 1.52 bits per heavy atom. The monoisotopic (exact) mass is 357 g/mol. The standard InChI is InChI=1S/C20H23NO3S/c22-20(21-18-8-4-5-9-18)14-15-25(23,24)19-12-10-17(11-13-19)16-6-2-1-3-7-16/h1-3,6-7,10-13,18H,4-5,8-9,14-15H2,(H,21,22). The molecule has 132 valence electrons. The first-order valence-electron chi connectivity index (χ1n) is 8.72. The Morgan fingerprint density at radius 1 is 0.920 bits per heavy atom. The molecule has 0 aliphatic heterocycles. The van der Waals surface area contributed by atoms with Gasteiger partial charge in [0.15, 0.2) is 9.84 Å². The van der Waals surface area contributed by atoms with Crippen molar-refractivity contribution in [3.05, 3.63) is 54.6 Å². The van der Waals surface area contributed by atoms with E-state index in [1.165, 1.54) is 0 Å². The lowest BCUT2D eigenvalue weighted by Crippen LogP contribution is -2.33. The number of amides is 1. The first kappa shape index (κ1) is 17.7.